The van der Waals surface area contributed by atoms with Crippen LogP contribution < -0.4 is 15.5 Å². The first kappa shape index (κ1) is 26.7. The van der Waals surface area contributed by atoms with Gasteiger partial charge in [-0.05, 0) is 86.8 Å². The summed E-state index contributed by atoms with van der Waals surface area (Å²) in [6, 6.07) is 11.2. The van der Waals surface area contributed by atoms with Gasteiger partial charge in [0, 0.05) is 43.0 Å². The normalized spacial score (nSPS) is 19.1. The van der Waals surface area contributed by atoms with Crippen molar-refractivity contribution in [1.29, 1.82) is 0 Å². The zero-order valence-corrected chi connectivity index (χ0v) is 23.3. The van der Waals surface area contributed by atoms with Crippen LogP contribution in [0.5, 0.6) is 0 Å². The zero-order valence-electron chi connectivity index (χ0n) is 21.7. The molecule has 0 radical (unpaired) electrons. The lowest BCUT2D eigenvalue weighted by atomic mass is 9.69. The molecule has 5 rings (SSSR count). The third kappa shape index (κ3) is 6.58. The Morgan fingerprint density at radius 1 is 1.08 bits per heavy atom. The van der Waals surface area contributed by atoms with Crippen LogP contribution >= 0.6 is 24.0 Å². The molecule has 1 saturated carbocycles. The summed E-state index contributed by atoms with van der Waals surface area (Å²) < 4.78 is 13.6. The van der Waals surface area contributed by atoms with Crippen molar-refractivity contribution in [1.82, 2.24) is 25.3 Å². The first-order chi connectivity index (χ1) is 18.5. The highest BCUT2D eigenvalue weighted by Crippen LogP contribution is 2.39. The molecule has 2 aromatic heterocycles. The third-order valence-electron chi connectivity index (χ3n) is 7.60. The average molecular weight is 552 g/mol. The molecule has 3 aromatic rings. The van der Waals surface area contributed by atoms with Crippen LogP contribution in [-0.2, 0) is 5.41 Å². The molecule has 7 nitrogen and oxygen atoms in total. The minimum absolute atomic E-state index is 0.0741. The van der Waals surface area contributed by atoms with Gasteiger partial charge in [-0.15, -0.1) is 0 Å². The van der Waals surface area contributed by atoms with E-state index in [1.54, 1.807) is 30.6 Å². The molecule has 1 aliphatic carbocycles. The summed E-state index contributed by atoms with van der Waals surface area (Å²) >= 11 is 7.12. The molecule has 1 aromatic carbocycles. The van der Waals surface area contributed by atoms with Gasteiger partial charge in [-0.25, -0.2) is 19.3 Å². The Kier molecular flexibility index (Phi) is 8.68. The van der Waals surface area contributed by atoms with Crippen molar-refractivity contribution in [2.24, 2.45) is 0 Å². The quantitative estimate of drug-likeness (QED) is 0.205. The fourth-order valence-corrected chi connectivity index (χ4v) is 6.41. The van der Waals surface area contributed by atoms with E-state index < -0.39 is 0 Å². The number of nitrogens with one attached hydrogen (secondary N) is 2. The Bertz CT molecular complexity index is 1220. The molecule has 38 heavy (non-hydrogen) atoms. The maximum Gasteiger partial charge on any atom is 0.232 e. The minimum Gasteiger partial charge on any atom is -0.361 e. The number of hydrogen-bond donors (Lipinski definition) is 2. The molecule has 10 heteroatoms. The number of aromatic nitrogens is 4. The van der Waals surface area contributed by atoms with Crippen LogP contribution in [0.2, 0.25) is 0 Å². The van der Waals surface area contributed by atoms with E-state index >= 15 is 0 Å². The minimum atomic E-state index is -0.209. The molecule has 2 aliphatic rings. The predicted octanol–water partition coefficient (Wildman–Crippen LogP) is 6.12. The Labute approximate surface area is 233 Å². The lowest BCUT2D eigenvalue weighted by Gasteiger charge is -2.38. The van der Waals surface area contributed by atoms with Gasteiger partial charge in [0.25, 0.3) is 0 Å². The maximum absolute atomic E-state index is 13.6. The highest BCUT2D eigenvalue weighted by molar-refractivity contribution is 7.99. The summed E-state index contributed by atoms with van der Waals surface area (Å²) in [5.74, 6) is 1.13. The fourth-order valence-electron chi connectivity index (χ4n) is 5.53. The van der Waals surface area contributed by atoms with Crippen LogP contribution in [0.25, 0.3) is 0 Å². The number of benzene rings is 1. The van der Waals surface area contributed by atoms with Gasteiger partial charge in [0.2, 0.25) is 5.95 Å². The van der Waals surface area contributed by atoms with Gasteiger partial charge in [0.15, 0.2) is 10.3 Å². The first-order valence-electron chi connectivity index (χ1n) is 13.4. The highest BCUT2D eigenvalue weighted by Gasteiger charge is 2.34. The summed E-state index contributed by atoms with van der Waals surface area (Å²) in [7, 11) is 0. The number of piperidine rings is 1. The summed E-state index contributed by atoms with van der Waals surface area (Å²) in [5, 5.41) is 8.55. The Morgan fingerprint density at radius 2 is 1.84 bits per heavy atom. The second-order valence-corrected chi connectivity index (χ2v) is 11.6. The standard InChI is InChI=1S/C28H34FN7S2/c1-20-8-3-6-17-36(20)23-18-24(38-27-30-15-7-16-31-27)34-25(33-23)35-26(37)32-19-28(13-4-2-5-14-28)21-9-11-22(29)12-10-21/h7,9-12,15-16,18,20H,2-6,8,13-14,17,19H2,1H3,(H2,32,33,34,35,37). The lowest BCUT2D eigenvalue weighted by molar-refractivity contribution is 0.292. The zero-order chi connectivity index (χ0) is 26.4. The van der Waals surface area contributed by atoms with Crippen LogP contribution in [0.15, 0.2) is 59.0 Å². The van der Waals surface area contributed by atoms with E-state index in [0.717, 1.165) is 61.5 Å². The Hall–Kier alpha value is -2.85. The summed E-state index contributed by atoms with van der Waals surface area (Å²) in [6.45, 7) is 3.88. The van der Waals surface area contributed by atoms with Crippen LogP contribution in [0, 0.1) is 5.82 Å². The molecular weight excluding hydrogens is 517 g/mol. The molecule has 2 fully saturated rings. The smallest absolute Gasteiger partial charge is 0.232 e. The van der Waals surface area contributed by atoms with Crippen molar-refractivity contribution < 1.29 is 4.39 Å². The molecule has 1 atom stereocenters. The van der Waals surface area contributed by atoms with Gasteiger partial charge in [0.1, 0.15) is 16.7 Å². The molecular formula is C28H34FN7S2. The van der Waals surface area contributed by atoms with Gasteiger partial charge in [-0.3, -0.25) is 0 Å². The monoisotopic (exact) mass is 551 g/mol. The summed E-state index contributed by atoms with van der Waals surface area (Å²) in [4.78, 5) is 20.6. The second-order valence-electron chi connectivity index (χ2n) is 10.2. The van der Waals surface area contributed by atoms with Crippen molar-refractivity contribution in [2.45, 2.75) is 79.9 Å². The number of halogens is 1. The number of thiocarbonyl (C=S) groups is 1. The van der Waals surface area contributed by atoms with E-state index in [4.69, 9.17) is 22.2 Å². The molecule has 0 spiro atoms. The topological polar surface area (TPSA) is 78.9 Å². The third-order valence-corrected chi connectivity index (χ3v) is 8.66. The molecule has 1 unspecified atom stereocenters. The van der Waals surface area contributed by atoms with Crippen molar-refractivity contribution in [2.75, 3.05) is 23.3 Å². The van der Waals surface area contributed by atoms with Crippen LogP contribution in [0.3, 0.4) is 0 Å². The van der Waals surface area contributed by atoms with Crippen LogP contribution in [0.1, 0.15) is 63.9 Å². The van der Waals surface area contributed by atoms with Gasteiger partial charge in [0.05, 0.1) is 0 Å². The maximum atomic E-state index is 13.6. The highest BCUT2D eigenvalue weighted by atomic mass is 32.2. The van der Waals surface area contributed by atoms with E-state index in [1.807, 2.05) is 18.2 Å². The lowest BCUT2D eigenvalue weighted by Crippen LogP contribution is -2.43. The molecule has 1 saturated heterocycles. The van der Waals surface area contributed by atoms with Crippen LogP contribution in [0.4, 0.5) is 16.2 Å². The van der Waals surface area contributed by atoms with Gasteiger partial charge in [-0.2, -0.15) is 4.98 Å². The molecule has 3 heterocycles. The fraction of sp³-hybridized carbons (Fsp3) is 0.464. The van der Waals surface area contributed by atoms with Crippen molar-refractivity contribution in [3.05, 3.63) is 60.2 Å². The predicted molar refractivity (Wildman–Crippen MR) is 154 cm³/mol. The van der Waals surface area contributed by atoms with Gasteiger partial charge >= 0.3 is 0 Å². The van der Waals surface area contributed by atoms with E-state index in [0.29, 0.717) is 28.8 Å². The van der Waals surface area contributed by atoms with Crippen molar-refractivity contribution >= 4 is 40.9 Å². The van der Waals surface area contributed by atoms with Gasteiger partial charge in [-0.1, -0.05) is 31.4 Å². The molecule has 1 aliphatic heterocycles. The van der Waals surface area contributed by atoms with Crippen molar-refractivity contribution in [3.63, 3.8) is 0 Å². The van der Waals surface area contributed by atoms with E-state index in [9.17, 15) is 4.39 Å². The summed E-state index contributed by atoms with van der Waals surface area (Å²) in [5.41, 5.74) is 1.09. The number of anilines is 2. The van der Waals surface area contributed by atoms with E-state index in [2.05, 4.69) is 32.4 Å². The first-order valence-corrected chi connectivity index (χ1v) is 14.6. The summed E-state index contributed by atoms with van der Waals surface area (Å²) in [6.07, 6.45) is 12.6. The van der Waals surface area contributed by atoms with E-state index in [1.165, 1.54) is 24.6 Å². The number of hydrogen-bond acceptors (Lipinski definition) is 7. The molecule has 0 bridgehead atoms. The average Bonchev–Trinajstić information content (AvgIpc) is 2.93. The molecule has 2 N–H and O–H groups in total. The molecule has 200 valence electrons. The second kappa shape index (κ2) is 12.3. The van der Waals surface area contributed by atoms with Gasteiger partial charge < -0.3 is 15.5 Å². The Balaban J connectivity index is 1.33. The number of nitrogens with zero attached hydrogens (tertiary/aromatic N) is 5. The molecule has 0 amide bonds. The van der Waals surface area contributed by atoms with E-state index in [-0.39, 0.29) is 11.2 Å². The Morgan fingerprint density at radius 3 is 2.58 bits per heavy atom. The van der Waals surface area contributed by atoms with Crippen LogP contribution in [-0.4, -0.2) is 44.2 Å². The SMILES string of the molecule is CC1CCCCN1c1cc(Sc2ncccn2)nc(NC(=S)NCC2(c3ccc(F)cc3)CCCCC2)n1. The largest absolute Gasteiger partial charge is 0.361 e. The number of rotatable bonds is 7. The van der Waals surface area contributed by atoms with Crippen molar-refractivity contribution in [3.8, 4) is 0 Å².